The molecule has 0 saturated carbocycles. The molecule has 3 nitrogen and oxygen atoms in total. The van der Waals surface area contributed by atoms with Gasteiger partial charge in [0.15, 0.2) is 0 Å². The molecule has 0 aromatic heterocycles. The Morgan fingerprint density at radius 1 is 1.41 bits per heavy atom. The van der Waals surface area contributed by atoms with E-state index in [4.69, 9.17) is 4.74 Å². The van der Waals surface area contributed by atoms with Gasteiger partial charge in [0, 0.05) is 17.3 Å². The van der Waals surface area contributed by atoms with Crippen LogP contribution in [0.1, 0.15) is 17.7 Å². The largest absolute Gasteiger partial charge is 0.497 e. The van der Waals surface area contributed by atoms with Crippen LogP contribution in [0.3, 0.4) is 0 Å². The Hall–Kier alpha value is -0.680. The van der Waals surface area contributed by atoms with Gasteiger partial charge in [-0.05, 0) is 24.6 Å². The molecule has 0 radical (unpaired) electrons. The SMILES string of the molecule is COc1cccc([C@@H](C)SCCS(C)(=O)=O)c1. The van der Waals surface area contributed by atoms with Crippen LogP contribution in [0.4, 0.5) is 0 Å². The summed E-state index contributed by atoms with van der Waals surface area (Å²) in [7, 11) is -1.22. The summed E-state index contributed by atoms with van der Waals surface area (Å²) in [4.78, 5) is 0. The van der Waals surface area contributed by atoms with Crippen molar-refractivity contribution in [3.8, 4) is 5.75 Å². The fourth-order valence-electron chi connectivity index (χ4n) is 1.37. The molecule has 0 aliphatic carbocycles. The van der Waals surface area contributed by atoms with Gasteiger partial charge in [0.2, 0.25) is 0 Å². The van der Waals surface area contributed by atoms with Gasteiger partial charge in [-0.15, -0.1) is 0 Å². The van der Waals surface area contributed by atoms with Gasteiger partial charge in [0.25, 0.3) is 0 Å². The van der Waals surface area contributed by atoms with Crippen LogP contribution < -0.4 is 4.74 Å². The summed E-state index contributed by atoms with van der Waals surface area (Å²) in [6.07, 6.45) is 1.27. The van der Waals surface area contributed by atoms with Crippen molar-refractivity contribution in [2.75, 3.05) is 24.9 Å². The molecule has 17 heavy (non-hydrogen) atoms. The van der Waals surface area contributed by atoms with E-state index in [0.717, 1.165) is 11.3 Å². The first-order valence-corrected chi connectivity index (χ1v) is 8.46. The Kier molecular flexibility index (Phi) is 5.33. The van der Waals surface area contributed by atoms with Crippen LogP contribution in [0, 0.1) is 0 Å². The lowest BCUT2D eigenvalue weighted by atomic mass is 10.1. The van der Waals surface area contributed by atoms with E-state index in [9.17, 15) is 8.42 Å². The highest BCUT2D eigenvalue weighted by molar-refractivity contribution is 8.00. The fourth-order valence-corrected chi connectivity index (χ4v) is 3.66. The van der Waals surface area contributed by atoms with Crippen molar-refractivity contribution in [1.82, 2.24) is 0 Å². The second-order valence-corrected chi connectivity index (χ2v) is 7.63. The third-order valence-electron chi connectivity index (χ3n) is 2.39. The van der Waals surface area contributed by atoms with Gasteiger partial charge in [-0.2, -0.15) is 11.8 Å². The summed E-state index contributed by atoms with van der Waals surface area (Å²) in [5.41, 5.74) is 1.16. The van der Waals surface area contributed by atoms with Gasteiger partial charge < -0.3 is 4.74 Å². The van der Waals surface area contributed by atoms with Crippen LogP contribution in [-0.4, -0.2) is 33.3 Å². The lowest BCUT2D eigenvalue weighted by molar-refractivity contribution is 0.414. The Morgan fingerprint density at radius 3 is 2.71 bits per heavy atom. The van der Waals surface area contributed by atoms with Gasteiger partial charge in [0.05, 0.1) is 12.9 Å². The first kappa shape index (κ1) is 14.4. The second kappa shape index (κ2) is 6.31. The monoisotopic (exact) mass is 274 g/mol. The zero-order valence-electron chi connectivity index (χ0n) is 10.3. The number of sulfone groups is 1. The lowest BCUT2D eigenvalue weighted by Gasteiger charge is -2.12. The Labute approximate surface area is 107 Å². The summed E-state index contributed by atoms with van der Waals surface area (Å²) in [5, 5.41) is 0.270. The number of ether oxygens (including phenoxy) is 1. The van der Waals surface area contributed by atoms with Crippen LogP contribution in [0.2, 0.25) is 0 Å². The Balaban J connectivity index is 2.54. The van der Waals surface area contributed by atoms with E-state index in [1.54, 1.807) is 18.9 Å². The molecule has 5 heteroatoms. The number of methoxy groups -OCH3 is 1. The third-order valence-corrected chi connectivity index (χ3v) is 4.80. The number of rotatable bonds is 6. The highest BCUT2D eigenvalue weighted by Gasteiger charge is 2.09. The molecule has 0 aliphatic rings. The number of thioether (sulfide) groups is 1. The van der Waals surface area contributed by atoms with Crippen molar-refractivity contribution >= 4 is 21.6 Å². The fraction of sp³-hybridized carbons (Fsp3) is 0.500. The maximum Gasteiger partial charge on any atom is 0.148 e. The van der Waals surface area contributed by atoms with E-state index in [0.29, 0.717) is 5.75 Å². The molecule has 0 unspecified atom stereocenters. The first-order valence-electron chi connectivity index (χ1n) is 5.35. The second-order valence-electron chi connectivity index (χ2n) is 3.92. The van der Waals surface area contributed by atoms with E-state index in [1.165, 1.54) is 6.26 Å². The van der Waals surface area contributed by atoms with E-state index in [1.807, 2.05) is 24.3 Å². The number of hydrogen-bond donors (Lipinski definition) is 0. The van der Waals surface area contributed by atoms with Gasteiger partial charge >= 0.3 is 0 Å². The molecule has 0 aliphatic heterocycles. The highest BCUT2D eigenvalue weighted by Crippen LogP contribution is 2.30. The average molecular weight is 274 g/mol. The lowest BCUT2D eigenvalue weighted by Crippen LogP contribution is -2.06. The van der Waals surface area contributed by atoms with E-state index < -0.39 is 9.84 Å². The zero-order valence-corrected chi connectivity index (χ0v) is 12.0. The van der Waals surface area contributed by atoms with Crippen molar-refractivity contribution in [2.24, 2.45) is 0 Å². The minimum atomic E-state index is -2.86. The van der Waals surface area contributed by atoms with Crippen molar-refractivity contribution in [3.63, 3.8) is 0 Å². The molecular weight excluding hydrogens is 256 g/mol. The zero-order chi connectivity index (χ0) is 12.9. The van der Waals surface area contributed by atoms with Gasteiger partial charge in [0.1, 0.15) is 15.6 Å². The highest BCUT2D eigenvalue weighted by atomic mass is 32.2. The summed E-state index contributed by atoms with van der Waals surface area (Å²) < 4.78 is 27.2. The predicted octanol–water partition coefficient (Wildman–Crippen LogP) is 2.53. The maximum absolute atomic E-state index is 11.0. The maximum atomic E-state index is 11.0. The minimum absolute atomic E-state index is 0.228. The minimum Gasteiger partial charge on any atom is -0.497 e. The van der Waals surface area contributed by atoms with Crippen LogP contribution in [-0.2, 0) is 9.84 Å². The van der Waals surface area contributed by atoms with Crippen LogP contribution >= 0.6 is 11.8 Å². The Bertz CT molecular complexity index is 455. The molecule has 0 spiro atoms. The van der Waals surface area contributed by atoms with Crippen LogP contribution in [0.15, 0.2) is 24.3 Å². The molecule has 0 fully saturated rings. The molecule has 0 saturated heterocycles. The van der Waals surface area contributed by atoms with Gasteiger partial charge in [-0.3, -0.25) is 0 Å². The van der Waals surface area contributed by atoms with Crippen LogP contribution in [0.25, 0.3) is 0 Å². The van der Waals surface area contributed by atoms with Crippen molar-refractivity contribution in [2.45, 2.75) is 12.2 Å². The molecule has 0 amide bonds. The molecule has 1 aromatic rings. The molecule has 1 atom stereocenters. The van der Waals surface area contributed by atoms with Crippen molar-refractivity contribution < 1.29 is 13.2 Å². The van der Waals surface area contributed by atoms with E-state index in [2.05, 4.69) is 6.92 Å². The standard InChI is InChI=1S/C12H18O3S2/c1-10(16-7-8-17(3,13)14)11-5-4-6-12(9-11)15-2/h4-6,9-10H,7-8H2,1-3H3/t10-/m1/s1. The third kappa shape index (κ3) is 5.46. The quantitative estimate of drug-likeness (QED) is 0.799. The summed E-state index contributed by atoms with van der Waals surface area (Å²) in [6.45, 7) is 2.07. The van der Waals surface area contributed by atoms with Crippen molar-refractivity contribution in [3.05, 3.63) is 29.8 Å². The van der Waals surface area contributed by atoms with Crippen LogP contribution in [0.5, 0.6) is 5.75 Å². The molecular formula is C12H18O3S2. The molecule has 1 rings (SSSR count). The van der Waals surface area contributed by atoms with Crippen molar-refractivity contribution in [1.29, 1.82) is 0 Å². The first-order chi connectivity index (χ1) is 7.92. The molecule has 96 valence electrons. The van der Waals surface area contributed by atoms with E-state index in [-0.39, 0.29) is 11.0 Å². The summed E-state index contributed by atoms with van der Waals surface area (Å²) in [5.74, 6) is 1.68. The topological polar surface area (TPSA) is 43.4 Å². The van der Waals surface area contributed by atoms with E-state index >= 15 is 0 Å². The van der Waals surface area contributed by atoms with Gasteiger partial charge in [-0.25, -0.2) is 8.42 Å². The smallest absolute Gasteiger partial charge is 0.148 e. The molecule has 0 N–H and O–H groups in total. The summed E-state index contributed by atoms with van der Waals surface area (Å²) >= 11 is 1.64. The predicted molar refractivity (Wildman–Crippen MR) is 73.6 cm³/mol. The normalized spacial score (nSPS) is 13.4. The number of hydrogen-bond acceptors (Lipinski definition) is 4. The molecule has 0 bridgehead atoms. The average Bonchev–Trinajstić information content (AvgIpc) is 2.27. The van der Waals surface area contributed by atoms with Gasteiger partial charge in [-0.1, -0.05) is 12.1 Å². The molecule has 0 heterocycles. The summed E-state index contributed by atoms with van der Waals surface area (Å²) in [6, 6.07) is 7.86. The molecule has 1 aromatic carbocycles. The Morgan fingerprint density at radius 2 is 2.12 bits per heavy atom. The number of benzene rings is 1.